The molecule has 6 nitrogen and oxygen atoms in total. The number of carbonyl (C=O) groups excluding carboxylic acids is 1. The number of pyridine rings is 2. The molecule has 2 N–H and O–H groups in total. The fourth-order valence-electron chi connectivity index (χ4n) is 3.04. The van der Waals surface area contributed by atoms with Crippen LogP contribution in [0.25, 0.3) is 11.1 Å². The Balaban J connectivity index is 1.44. The molecule has 4 heterocycles. The van der Waals surface area contributed by atoms with Gasteiger partial charge < -0.3 is 10.6 Å². The van der Waals surface area contributed by atoms with Crippen LogP contribution in [0.5, 0.6) is 0 Å². The fraction of sp³-hybridized carbons (Fsp3) is 0.263. The van der Waals surface area contributed by atoms with Gasteiger partial charge in [0.25, 0.3) is 5.91 Å². The van der Waals surface area contributed by atoms with Gasteiger partial charge in [-0.05, 0) is 49.2 Å². The first kappa shape index (κ1) is 16.8. The molecule has 1 fully saturated rings. The summed E-state index contributed by atoms with van der Waals surface area (Å²) in [6, 6.07) is 7.58. The van der Waals surface area contributed by atoms with E-state index < -0.39 is 0 Å². The van der Waals surface area contributed by atoms with Crippen molar-refractivity contribution < 1.29 is 4.79 Å². The number of aromatic nitrogens is 3. The minimum Gasteiger partial charge on any atom is -0.316 e. The predicted molar refractivity (Wildman–Crippen MR) is 102 cm³/mol. The smallest absolute Gasteiger partial charge is 0.276 e. The molecule has 0 unspecified atom stereocenters. The Morgan fingerprint density at radius 1 is 1.31 bits per heavy atom. The van der Waals surface area contributed by atoms with Crippen LogP contribution in [0, 0.1) is 5.92 Å². The summed E-state index contributed by atoms with van der Waals surface area (Å²) >= 11 is 1.55. The van der Waals surface area contributed by atoms with Crippen LogP contribution in [0.3, 0.4) is 0 Å². The van der Waals surface area contributed by atoms with Gasteiger partial charge in [-0.2, -0.15) is 0 Å². The van der Waals surface area contributed by atoms with Gasteiger partial charge in [0, 0.05) is 36.0 Å². The monoisotopic (exact) mass is 365 g/mol. The summed E-state index contributed by atoms with van der Waals surface area (Å²) in [7, 11) is 0. The number of carbonyl (C=O) groups is 1. The molecule has 0 aliphatic carbocycles. The van der Waals surface area contributed by atoms with E-state index in [9.17, 15) is 4.79 Å². The number of thiazole rings is 1. The summed E-state index contributed by atoms with van der Waals surface area (Å²) in [5, 5.41) is 9.03. The SMILES string of the molecule is O=C(Nc1cc(-c2cccnc2)ccn1)c1csc(C[C@H]2CCNC2)n1. The minimum atomic E-state index is -0.229. The zero-order valence-corrected chi connectivity index (χ0v) is 15.0. The largest absolute Gasteiger partial charge is 0.316 e. The van der Waals surface area contributed by atoms with Crippen LogP contribution in [-0.4, -0.2) is 33.9 Å². The van der Waals surface area contributed by atoms with Crippen LogP contribution in [0.4, 0.5) is 5.82 Å². The molecule has 1 saturated heterocycles. The van der Waals surface area contributed by atoms with E-state index in [0.717, 1.165) is 35.6 Å². The molecule has 1 aliphatic heterocycles. The zero-order chi connectivity index (χ0) is 17.8. The van der Waals surface area contributed by atoms with Gasteiger partial charge in [-0.15, -0.1) is 11.3 Å². The highest BCUT2D eigenvalue weighted by molar-refractivity contribution is 7.09. The van der Waals surface area contributed by atoms with Crippen molar-refractivity contribution in [3.63, 3.8) is 0 Å². The Morgan fingerprint density at radius 3 is 3.08 bits per heavy atom. The second-order valence-electron chi connectivity index (χ2n) is 6.32. The standard InChI is InChI=1S/C19H19N5OS/c25-19(16-12-26-18(23-16)8-13-3-6-21-10-13)24-17-9-14(4-7-22-17)15-2-1-5-20-11-15/h1-2,4-5,7,9,11-13,21H,3,6,8,10H2,(H,22,24,25)/t13-/m1/s1. The summed E-state index contributed by atoms with van der Waals surface area (Å²) in [6.45, 7) is 2.11. The maximum atomic E-state index is 12.5. The van der Waals surface area contributed by atoms with Gasteiger partial charge in [-0.1, -0.05) is 6.07 Å². The Morgan fingerprint density at radius 2 is 2.27 bits per heavy atom. The van der Waals surface area contributed by atoms with E-state index in [2.05, 4.69) is 25.6 Å². The molecule has 0 bridgehead atoms. The first-order chi connectivity index (χ1) is 12.8. The highest BCUT2D eigenvalue weighted by Crippen LogP contribution is 2.21. The Kier molecular flexibility index (Phi) is 4.99. The third kappa shape index (κ3) is 3.95. The van der Waals surface area contributed by atoms with Crippen LogP contribution >= 0.6 is 11.3 Å². The van der Waals surface area contributed by atoms with Gasteiger partial charge in [0.05, 0.1) is 5.01 Å². The highest BCUT2D eigenvalue weighted by Gasteiger charge is 2.18. The summed E-state index contributed by atoms with van der Waals surface area (Å²) in [6.07, 6.45) is 7.30. The zero-order valence-electron chi connectivity index (χ0n) is 14.2. The number of anilines is 1. The molecule has 132 valence electrons. The van der Waals surface area contributed by atoms with E-state index >= 15 is 0 Å². The molecular formula is C19H19N5OS. The third-order valence-electron chi connectivity index (χ3n) is 4.41. The molecule has 7 heteroatoms. The van der Waals surface area contributed by atoms with Gasteiger partial charge in [-0.3, -0.25) is 9.78 Å². The van der Waals surface area contributed by atoms with Crippen LogP contribution in [0.15, 0.2) is 48.2 Å². The molecule has 0 spiro atoms. The molecule has 1 aliphatic rings. The molecule has 0 aromatic carbocycles. The molecule has 1 atom stereocenters. The first-order valence-corrected chi connectivity index (χ1v) is 9.49. The minimum absolute atomic E-state index is 0.229. The van der Waals surface area contributed by atoms with E-state index in [4.69, 9.17) is 0 Å². The normalized spacial score (nSPS) is 16.5. The van der Waals surface area contributed by atoms with Crippen molar-refractivity contribution in [2.24, 2.45) is 5.92 Å². The van der Waals surface area contributed by atoms with Crippen LogP contribution < -0.4 is 10.6 Å². The maximum Gasteiger partial charge on any atom is 0.276 e. The van der Waals surface area contributed by atoms with Crippen molar-refractivity contribution in [3.05, 3.63) is 58.9 Å². The molecule has 1 amide bonds. The summed E-state index contributed by atoms with van der Waals surface area (Å²) in [5.74, 6) is 0.897. The lowest BCUT2D eigenvalue weighted by atomic mass is 10.1. The molecule has 0 radical (unpaired) electrons. The van der Waals surface area contributed by atoms with Crippen molar-refractivity contribution in [1.82, 2.24) is 20.3 Å². The molecule has 0 saturated carbocycles. The van der Waals surface area contributed by atoms with Crippen LogP contribution in [0.1, 0.15) is 21.9 Å². The maximum absolute atomic E-state index is 12.5. The number of hydrogen-bond acceptors (Lipinski definition) is 6. The number of hydrogen-bond donors (Lipinski definition) is 2. The second kappa shape index (κ2) is 7.72. The number of amides is 1. The van der Waals surface area contributed by atoms with Crippen molar-refractivity contribution >= 4 is 23.1 Å². The van der Waals surface area contributed by atoms with E-state index in [0.29, 0.717) is 17.4 Å². The fourth-order valence-corrected chi connectivity index (χ4v) is 3.93. The highest BCUT2D eigenvalue weighted by atomic mass is 32.1. The van der Waals surface area contributed by atoms with Crippen molar-refractivity contribution in [1.29, 1.82) is 0 Å². The second-order valence-corrected chi connectivity index (χ2v) is 7.26. The number of nitrogens with one attached hydrogen (secondary N) is 2. The van der Waals surface area contributed by atoms with Crippen molar-refractivity contribution in [3.8, 4) is 11.1 Å². The first-order valence-electron chi connectivity index (χ1n) is 8.61. The van der Waals surface area contributed by atoms with Crippen molar-refractivity contribution in [2.75, 3.05) is 18.4 Å². The van der Waals surface area contributed by atoms with E-state index in [1.54, 1.807) is 29.9 Å². The average molecular weight is 365 g/mol. The molecule has 3 aromatic heterocycles. The van der Waals surface area contributed by atoms with E-state index in [-0.39, 0.29) is 5.91 Å². The quantitative estimate of drug-likeness (QED) is 0.727. The average Bonchev–Trinajstić information content (AvgIpc) is 3.35. The Bertz CT molecular complexity index is 890. The van der Waals surface area contributed by atoms with Gasteiger partial charge in [0.15, 0.2) is 0 Å². The molecule has 26 heavy (non-hydrogen) atoms. The lowest BCUT2D eigenvalue weighted by Gasteiger charge is -2.06. The van der Waals surface area contributed by atoms with Crippen LogP contribution in [-0.2, 0) is 6.42 Å². The molecular weight excluding hydrogens is 346 g/mol. The lowest BCUT2D eigenvalue weighted by molar-refractivity contribution is 0.102. The van der Waals surface area contributed by atoms with E-state index in [1.807, 2.05) is 29.6 Å². The Hall–Kier alpha value is -2.64. The van der Waals surface area contributed by atoms with Gasteiger partial charge >= 0.3 is 0 Å². The van der Waals surface area contributed by atoms with Gasteiger partial charge in [0.2, 0.25) is 0 Å². The predicted octanol–water partition coefficient (Wildman–Crippen LogP) is 3.00. The van der Waals surface area contributed by atoms with Gasteiger partial charge in [-0.25, -0.2) is 9.97 Å². The van der Waals surface area contributed by atoms with Crippen molar-refractivity contribution in [2.45, 2.75) is 12.8 Å². The number of nitrogens with zero attached hydrogens (tertiary/aromatic N) is 3. The Labute approximate surface area is 155 Å². The van der Waals surface area contributed by atoms with Crippen LogP contribution in [0.2, 0.25) is 0 Å². The topological polar surface area (TPSA) is 79.8 Å². The summed E-state index contributed by atoms with van der Waals surface area (Å²) in [4.78, 5) is 25.3. The summed E-state index contributed by atoms with van der Waals surface area (Å²) in [5.41, 5.74) is 2.38. The van der Waals surface area contributed by atoms with E-state index in [1.165, 1.54) is 6.42 Å². The number of rotatable bonds is 5. The third-order valence-corrected chi connectivity index (χ3v) is 5.28. The molecule has 3 aromatic rings. The van der Waals surface area contributed by atoms with Gasteiger partial charge in [0.1, 0.15) is 11.5 Å². The molecule has 4 rings (SSSR count). The summed E-state index contributed by atoms with van der Waals surface area (Å²) < 4.78 is 0. The lowest BCUT2D eigenvalue weighted by Crippen LogP contribution is -2.14.